The number of halogens is 1. The zero-order valence-electron chi connectivity index (χ0n) is 26.3. The average Bonchev–Trinajstić information content (AvgIpc) is 3.04. The molecule has 0 radical (unpaired) electrons. The molecule has 1 heterocycles. The number of hydrogen-bond acceptors (Lipinski definition) is 7. The number of anilines is 1. The van der Waals surface area contributed by atoms with Crippen LogP contribution in [0.4, 0.5) is 10.1 Å². The first kappa shape index (κ1) is 31.9. The van der Waals surface area contributed by atoms with Crippen molar-refractivity contribution < 1.29 is 23.4 Å². The van der Waals surface area contributed by atoms with Crippen LogP contribution in [0.25, 0.3) is 22.3 Å². The Bertz CT molecular complexity index is 1970. The molecule has 9 nitrogen and oxygen atoms in total. The fourth-order valence-electron chi connectivity index (χ4n) is 4.96. The highest BCUT2D eigenvalue weighted by molar-refractivity contribution is 5.92. The molecule has 4 aromatic carbocycles. The third kappa shape index (κ3) is 7.07. The van der Waals surface area contributed by atoms with Gasteiger partial charge in [0, 0.05) is 11.3 Å². The maximum atomic E-state index is 13.8. The van der Waals surface area contributed by atoms with Crippen molar-refractivity contribution in [3.63, 3.8) is 0 Å². The van der Waals surface area contributed by atoms with Gasteiger partial charge in [0.15, 0.2) is 23.9 Å². The first-order valence-electron chi connectivity index (χ1n) is 14.9. The van der Waals surface area contributed by atoms with Gasteiger partial charge in [0.2, 0.25) is 0 Å². The number of ether oxygens (including phenoxy) is 3. The number of hydrogen-bond donors (Lipinski definition) is 1. The third-order valence-corrected chi connectivity index (χ3v) is 7.27. The molecular formula is C36H35FN4O5. The van der Waals surface area contributed by atoms with Gasteiger partial charge in [-0.3, -0.25) is 9.59 Å². The van der Waals surface area contributed by atoms with E-state index in [4.69, 9.17) is 19.2 Å². The van der Waals surface area contributed by atoms with E-state index in [-0.39, 0.29) is 18.1 Å². The number of nitrogens with one attached hydrogen (secondary N) is 1. The van der Waals surface area contributed by atoms with Crippen molar-refractivity contribution in [3.05, 3.63) is 112 Å². The van der Waals surface area contributed by atoms with Crippen LogP contribution in [0.3, 0.4) is 0 Å². The monoisotopic (exact) mass is 622 g/mol. The molecule has 0 saturated carbocycles. The number of aromatic nitrogens is 2. The van der Waals surface area contributed by atoms with Gasteiger partial charge < -0.3 is 19.5 Å². The molecular weight excluding hydrogens is 587 g/mol. The normalized spacial score (nSPS) is 11.3. The van der Waals surface area contributed by atoms with E-state index in [2.05, 4.69) is 24.3 Å². The second kappa shape index (κ2) is 14.1. The zero-order chi connectivity index (χ0) is 32.8. The lowest BCUT2D eigenvalue weighted by atomic mass is 9.96. The molecule has 0 spiro atoms. The lowest BCUT2D eigenvalue weighted by Gasteiger charge is -2.18. The fourth-order valence-corrected chi connectivity index (χ4v) is 4.96. The summed E-state index contributed by atoms with van der Waals surface area (Å²) in [6.45, 7) is 8.34. The molecule has 46 heavy (non-hydrogen) atoms. The Hall–Kier alpha value is -5.51. The van der Waals surface area contributed by atoms with E-state index in [0.717, 1.165) is 22.4 Å². The Morgan fingerprint density at radius 1 is 1.00 bits per heavy atom. The van der Waals surface area contributed by atoms with Crippen molar-refractivity contribution in [2.75, 3.05) is 25.6 Å². The second-order valence-corrected chi connectivity index (χ2v) is 10.9. The fraction of sp³-hybridized carbons (Fsp3) is 0.222. The number of para-hydroxylation sites is 1. The van der Waals surface area contributed by atoms with Gasteiger partial charge in [-0.1, -0.05) is 26.0 Å². The highest BCUT2D eigenvalue weighted by Gasteiger charge is 2.19. The highest BCUT2D eigenvalue weighted by Crippen LogP contribution is 2.34. The van der Waals surface area contributed by atoms with Crippen molar-refractivity contribution in [3.8, 4) is 28.6 Å². The Morgan fingerprint density at radius 2 is 1.76 bits per heavy atom. The maximum Gasteiger partial charge on any atom is 0.282 e. The summed E-state index contributed by atoms with van der Waals surface area (Å²) >= 11 is 0. The van der Waals surface area contributed by atoms with Gasteiger partial charge in [0.05, 0.1) is 30.8 Å². The van der Waals surface area contributed by atoms with Gasteiger partial charge in [-0.15, -0.1) is 0 Å². The van der Waals surface area contributed by atoms with E-state index in [1.54, 1.807) is 36.5 Å². The van der Waals surface area contributed by atoms with E-state index in [1.165, 1.54) is 36.1 Å². The molecule has 1 amide bonds. The molecule has 0 bridgehead atoms. The van der Waals surface area contributed by atoms with E-state index in [9.17, 15) is 14.0 Å². The predicted octanol–water partition coefficient (Wildman–Crippen LogP) is 6.94. The number of aryl methyl sites for hydroxylation is 1. The molecule has 0 atom stereocenters. The summed E-state index contributed by atoms with van der Waals surface area (Å²) in [4.78, 5) is 31.1. The summed E-state index contributed by atoms with van der Waals surface area (Å²) in [6.07, 6.45) is 1.54. The van der Waals surface area contributed by atoms with Crippen LogP contribution in [-0.2, 0) is 4.79 Å². The van der Waals surface area contributed by atoms with E-state index >= 15 is 0 Å². The quantitative estimate of drug-likeness (QED) is 0.160. The van der Waals surface area contributed by atoms with E-state index < -0.39 is 11.7 Å². The molecule has 0 aliphatic rings. The van der Waals surface area contributed by atoms with Crippen molar-refractivity contribution in [1.29, 1.82) is 0 Å². The van der Waals surface area contributed by atoms with E-state index in [0.29, 0.717) is 46.1 Å². The van der Waals surface area contributed by atoms with Gasteiger partial charge in [-0.2, -0.15) is 9.78 Å². The van der Waals surface area contributed by atoms with Gasteiger partial charge >= 0.3 is 0 Å². The summed E-state index contributed by atoms with van der Waals surface area (Å²) < 4.78 is 31.6. The average molecular weight is 623 g/mol. The summed E-state index contributed by atoms with van der Waals surface area (Å²) in [5, 5.41) is 7.70. The van der Waals surface area contributed by atoms with Crippen LogP contribution in [0.15, 0.2) is 88.8 Å². The highest BCUT2D eigenvalue weighted by atomic mass is 19.1. The van der Waals surface area contributed by atoms with Crippen LogP contribution in [-0.4, -0.2) is 42.1 Å². The second-order valence-electron chi connectivity index (χ2n) is 10.9. The molecule has 0 unspecified atom stereocenters. The first-order chi connectivity index (χ1) is 22.2. The van der Waals surface area contributed by atoms with Crippen molar-refractivity contribution >= 4 is 28.7 Å². The van der Waals surface area contributed by atoms with Gasteiger partial charge in [-0.05, 0) is 103 Å². The summed E-state index contributed by atoms with van der Waals surface area (Å²) in [7, 11) is 1.48. The molecule has 0 aliphatic carbocycles. The topological polar surface area (TPSA) is 104 Å². The van der Waals surface area contributed by atoms with Crippen LogP contribution in [0, 0.1) is 12.7 Å². The van der Waals surface area contributed by atoms with Crippen LogP contribution in [0.2, 0.25) is 0 Å². The minimum Gasteiger partial charge on any atom is -0.494 e. The molecule has 0 fully saturated rings. The minimum atomic E-state index is -0.416. The predicted molar refractivity (Wildman–Crippen MR) is 178 cm³/mol. The lowest BCUT2D eigenvalue weighted by molar-refractivity contribution is -0.118. The van der Waals surface area contributed by atoms with Crippen LogP contribution in [0.1, 0.15) is 43.4 Å². The number of rotatable bonds is 11. The molecule has 0 aliphatic heterocycles. The molecule has 1 aromatic heterocycles. The molecule has 0 saturated heterocycles. The summed E-state index contributed by atoms with van der Waals surface area (Å²) in [5.74, 6) is 1.28. The number of carbonyl (C=O) groups is 1. The number of carbonyl (C=O) groups excluding carboxylic acids is 1. The minimum absolute atomic E-state index is 0.173. The number of amides is 1. The van der Waals surface area contributed by atoms with Gasteiger partial charge in [0.1, 0.15) is 11.6 Å². The molecule has 1 N–H and O–H groups in total. The number of nitrogens with zero attached hydrogens (tertiary/aromatic N) is 3. The molecule has 5 aromatic rings. The van der Waals surface area contributed by atoms with Crippen LogP contribution in [0.5, 0.6) is 17.2 Å². The first-order valence-corrected chi connectivity index (χ1v) is 14.9. The van der Waals surface area contributed by atoms with Crippen molar-refractivity contribution in [2.45, 2.75) is 33.6 Å². The Balaban J connectivity index is 1.47. The maximum absolute atomic E-state index is 13.8. The summed E-state index contributed by atoms with van der Waals surface area (Å²) in [5.41, 5.74) is 4.00. The zero-order valence-corrected chi connectivity index (χ0v) is 26.3. The van der Waals surface area contributed by atoms with Crippen molar-refractivity contribution in [2.24, 2.45) is 5.10 Å². The third-order valence-electron chi connectivity index (χ3n) is 7.27. The Morgan fingerprint density at radius 3 is 2.48 bits per heavy atom. The number of methoxy groups -OCH3 is 1. The number of fused-ring (bicyclic) bond motifs is 1. The van der Waals surface area contributed by atoms with E-state index in [1.807, 2.05) is 38.1 Å². The summed E-state index contributed by atoms with van der Waals surface area (Å²) in [6, 6.07) is 21.7. The Labute approximate surface area is 266 Å². The standard InChI is InChI=1S/C36H35FN4O5/c1-6-45-32-17-23(4)29(19-28(32)22(2)3)35-40-30-10-8-7-9-27(30)36(43)41(35)38-20-24-11-16-31(33(18-24)44-5)46-21-34(42)39-26-14-12-25(37)13-15-26/h7-20,22H,6,21H2,1-5H3,(H,39,42). The SMILES string of the molecule is CCOc1cc(C)c(-c2nc3ccccc3c(=O)n2N=Cc2ccc(OCC(=O)Nc3ccc(F)cc3)c(OC)c2)cc1C(C)C. The number of benzene rings is 4. The molecule has 5 rings (SSSR count). The smallest absolute Gasteiger partial charge is 0.282 e. The van der Waals surface area contributed by atoms with Gasteiger partial charge in [0.25, 0.3) is 11.5 Å². The van der Waals surface area contributed by atoms with Crippen LogP contribution >= 0.6 is 0 Å². The van der Waals surface area contributed by atoms with Crippen molar-refractivity contribution in [1.82, 2.24) is 9.66 Å². The van der Waals surface area contributed by atoms with Crippen LogP contribution < -0.4 is 25.1 Å². The molecule has 236 valence electrons. The lowest BCUT2D eigenvalue weighted by Crippen LogP contribution is -2.21. The van der Waals surface area contributed by atoms with Gasteiger partial charge in [-0.25, -0.2) is 9.37 Å². The largest absolute Gasteiger partial charge is 0.494 e. The Kier molecular flexibility index (Phi) is 9.76. The molecule has 10 heteroatoms.